The Morgan fingerprint density at radius 3 is 2.44 bits per heavy atom. The van der Waals surface area contributed by atoms with Crippen LogP contribution in [-0.2, 0) is 6.42 Å². The van der Waals surface area contributed by atoms with Gasteiger partial charge in [-0.3, -0.25) is 0 Å². The molecule has 1 heterocycles. The van der Waals surface area contributed by atoms with Gasteiger partial charge in [-0.15, -0.1) is 5.10 Å². The minimum Gasteiger partial charge on any atom is -0.480 e. The van der Waals surface area contributed by atoms with Gasteiger partial charge in [-0.2, -0.15) is 5.10 Å². The van der Waals surface area contributed by atoms with Crippen molar-refractivity contribution < 1.29 is 4.74 Å². The molecule has 0 aliphatic heterocycles. The number of nitrogens with two attached hydrogens (primary N) is 1. The molecule has 0 amide bonds. The van der Waals surface area contributed by atoms with Crippen LogP contribution in [0.5, 0.6) is 5.88 Å². The summed E-state index contributed by atoms with van der Waals surface area (Å²) in [5.74, 6) is 0.500. The number of rotatable bonds is 4. The van der Waals surface area contributed by atoms with Crippen LogP contribution in [0.15, 0.2) is 36.4 Å². The predicted octanol–water partition coefficient (Wildman–Crippen LogP) is 2.33. The zero-order chi connectivity index (χ0) is 13.0. The van der Waals surface area contributed by atoms with Gasteiger partial charge >= 0.3 is 0 Å². The summed E-state index contributed by atoms with van der Waals surface area (Å²) in [4.78, 5) is 0. The molecule has 1 aromatic carbocycles. The first-order chi connectivity index (χ1) is 8.69. The molecule has 1 atom stereocenters. The Hall–Kier alpha value is -1.21. The summed E-state index contributed by atoms with van der Waals surface area (Å²) in [6.45, 7) is 0. The largest absolute Gasteiger partial charge is 0.480 e. The predicted molar refractivity (Wildman–Crippen MR) is 78.4 cm³/mol. The van der Waals surface area contributed by atoms with Crippen LogP contribution in [0.4, 0.5) is 0 Å². The Labute approximate surface area is 120 Å². The molecule has 0 bridgehead atoms. The van der Waals surface area contributed by atoms with Gasteiger partial charge in [-0.1, -0.05) is 12.1 Å². The van der Waals surface area contributed by atoms with E-state index in [1.807, 2.05) is 6.07 Å². The molecular formula is C13H14IN3O. The highest BCUT2D eigenvalue weighted by molar-refractivity contribution is 14.1. The maximum absolute atomic E-state index is 6.11. The minimum absolute atomic E-state index is 0.150. The fraction of sp³-hybridized carbons (Fsp3) is 0.231. The lowest BCUT2D eigenvalue weighted by atomic mass is 10.0. The standard InChI is InChI=1S/C13H14IN3O/c1-18-13-7-6-12(16-17-13)11(15)8-9-2-4-10(14)5-3-9/h2-7,11H,8,15H2,1H3. The molecule has 0 saturated carbocycles. The van der Waals surface area contributed by atoms with Gasteiger partial charge in [0.1, 0.15) is 0 Å². The van der Waals surface area contributed by atoms with Gasteiger partial charge < -0.3 is 10.5 Å². The summed E-state index contributed by atoms with van der Waals surface area (Å²) in [6.07, 6.45) is 0.748. The Morgan fingerprint density at radius 1 is 1.17 bits per heavy atom. The van der Waals surface area contributed by atoms with E-state index in [1.165, 1.54) is 9.13 Å². The number of benzene rings is 1. The van der Waals surface area contributed by atoms with E-state index in [1.54, 1.807) is 13.2 Å². The molecule has 0 spiro atoms. The Morgan fingerprint density at radius 2 is 1.89 bits per heavy atom. The molecule has 4 nitrogen and oxygen atoms in total. The van der Waals surface area contributed by atoms with Gasteiger partial charge in [-0.25, -0.2) is 0 Å². The highest BCUT2D eigenvalue weighted by Gasteiger charge is 2.09. The molecule has 2 N–H and O–H groups in total. The first kappa shape index (κ1) is 13.2. The third-order valence-electron chi connectivity index (χ3n) is 2.62. The second kappa shape index (κ2) is 6.10. The highest BCUT2D eigenvalue weighted by Crippen LogP contribution is 2.16. The minimum atomic E-state index is -0.150. The molecule has 0 fully saturated rings. The van der Waals surface area contributed by atoms with Crippen molar-refractivity contribution in [2.75, 3.05) is 7.11 Å². The van der Waals surface area contributed by atoms with Crippen molar-refractivity contribution >= 4 is 22.6 Å². The zero-order valence-corrected chi connectivity index (χ0v) is 12.2. The van der Waals surface area contributed by atoms with E-state index in [4.69, 9.17) is 10.5 Å². The summed E-state index contributed by atoms with van der Waals surface area (Å²) >= 11 is 2.28. The first-order valence-electron chi connectivity index (χ1n) is 5.56. The van der Waals surface area contributed by atoms with E-state index in [2.05, 4.69) is 57.1 Å². The van der Waals surface area contributed by atoms with Crippen LogP contribution in [0.25, 0.3) is 0 Å². The van der Waals surface area contributed by atoms with Crippen LogP contribution in [0.1, 0.15) is 17.3 Å². The maximum Gasteiger partial charge on any atom is 0.233 e. The number of ether oxygens (including phenoxy) is 1. The van der Waals surface area contributed by atoms with Crippen molar-refractivity contribution in [2.24, 2.45) is 5.73 Å². The molecule has 1 aromatic heterocycles. The highest BCUT2D eigenvalue weighted by atomic mass is 127. The summed E-state index contributed by atoms with van der Waals surface area (Å²) in [7, 11) is 1.56. The molecule has 2 aromatic rings. The van der Waals surface area contributed by atoms with E-state index in [0.29, 0.717) is 5.88 Å². The topological polar surface area (TPSA) is 61.0 Å². The van der Waals surface area contributed by atoms with Gasteiger partial charge in [0.15, 0.2) is 0 Å². The molecular weight excluding hydrogens is 341 g/mol. The van der Waals surface area contributed by atoms with Crippen molar-refractivity contribution in [3.8, 4) is 5.88 Å². The molecule has 0 aliphatic rings. The lowest BCUT2D eigenvalue weighted by molar-refractivity contribution is 0.390. The summed E-state index contributed by atoms with van der Waals surface area (Å²) in [5.41, 5.74) is 8.08. The molecule has 0 radical (unpaired) electrons. The fourth-order valence-corrected chi connectivity index (χ4v) is 1.98. The lowest BCUT2D eigenvalue weighted by Gasteiger charge is -2.10. The number of hydrogen-bond acceptors (Lipinski definition) is 4. The van der Waals surface area contributed by atoms with E-state index in [0.717, 1.165) is 12.1 Å². The first-order valence-corrected chi connectivity index (χ1v) is 6.64. The second-order valence-electron chi connectivity index (χ2n) is 3.94. The quantitative estimate of drug-likeness (QED) is 0.856. The molecule has 0 saturated heterocycles. The third kappa shape index (κ3) is 3.39. The van der Waals surface area contributed by atoms with Crippen molar-refractivity contribution in [3.05, 3.63) is 51.2 Å². The second-order valence-corrected chi connectivity index (χ2v) is 5.18. The van der Waals surface area contributed by atoms with Crippen molar-refractivity contribution in [3.63, 3.8) is 0 Å². The van der Waals surface area contributed by atoms with Crippen LogP contribution in [0, 0.1) is 3.57 Å². The number of methoxy groups -OCH3 is 1. The Bertz CT molecular complexity index is 499. The maximum atomic E-state index is 6.11. The van der Waals surface area contributed by atoms with E-state index < -0.39 is 0 Å². The molecule has 5 heteroatoms. The number of nitrogens with zero attached hydrogens (tertiary/aromatic N) is 2. The van der Waals surface area contributed by atoms with Crippen molar-refractivity contribution in [1.29, 1.82) is 0 Å². The monoisotopic (exact) mass is 355 g/mol. The van der Waals surface area contributed by atoms with Crippen LogP contribution in [0.3, 0.4) is 0 Å². The molecule has 2 rings (SSSR count). The smallest absolute Gasteiger partial charge is 0.233 e. The van der Waals surface area contributed by atoms with Gasteiger partial charge in [0, 0.05) is 9.64 Å². The van der Waals surface area contributed by atoms with E-state index in [9.17, 15) is 0 Å². The zero-order valence-electron chi connectivity index (χ0n) is 10.0. The van der Waals surface area contributed by atoms with Gasteiger partial charge in [0.2, 0.25) is 5.88 Å². The SMILES string of the molecule is COc1ccc(C(N)Cc2ccc(I)cc2)nn1. The van der Waals surface area contributed by atoms with E-state index in [-0.39, 0.29) is 6.04 Å². The molecule has 0 aliphatic carbocycles. The fourth-order valence-electron chi connectivity index (χ4n) is 1.62. The Kier molecular flexibility index (Phi) is 4.48. The Balaban J connectivity index is 2.06. The molecule has 94 valence electrons. The van der Waals surface area contributed by atoms with Crippen LogP contribution < -0.4 is 10.5 Å². The number of aromatic nitrogens is 2. The number of halogens is 1. The number of hydrogen-bond donors (Lipinski definition) is 1. The average molecular weight is 355 g/mol. The van der Waals surface area contributed by atoms with Crippen LogP contribution in [0.2, 0.25) is 0 Å². The van der Waals surface area contributed by atoms with Gasteiger partial charge in [-0.05, 0) is 52.8 Å². The van der Waals surface area contributed by atoms with Crippen LogP contribution >= 0.6 is 22.6 Å². The normalized spacial score (nSPS) is 12.2. The molecule has 18 heavy (non-hydrogen) atoms. The molecule has 1 unspecified atom stereocenters. The summed E-state index contributed by atoms with van der Waals surface area (Å²) in [5, 5.41) is 7.98. The van der Waals surface area contributed by atoms with E-state index >= 15 is 0 Å². The lowest BCUT2D eigenvalue weighted by Crippen LogP contribution is -2.15. The average Bonchev–Trinajstić information content (AvgIpc) is 2.41. The third-order valence-corrected chi connectivity index (χ3v) is 3.34. The van der Waals surface area contributed by atoms with Gasteiger partial charge in [0.25, 0.3) is 0 Å². The van der Waals surface area contributed by atoms with Crippen LogP contribution in [-0.4, -0.2) is 17.3 Å². The summed E-state index contributed by atoms with van der Waals surface area (Å²) in [6, 6.07) is 11.8. The van der Waals surface area contributed by atoms with Crippen molar-refractivity contribution in [1.82, 2.24) is 10.2 Å². The summed E-state index contributed by atoms with van der Waals surface area (Å²) < 4.78 is 6.18. The van der Waals surface area contributed by atoms with Gasteiger partial charge in [0.05, 0.1) is 18.8 Å². The van der Waals surface area contributed by atoms with Crippen molar-refractivity contribution in [2.45, 2.75) is 12.5 Å².